The maximum atomic E-state index is 12.3. The molecule has 19 heavy (non-hydrogen) atoms. The van der Waals surface area contributed by atoms with Gasteiger partial charge in [-0.15, -0.1) is 12.4 Å². The van der Waals surface area contributed by atoms with Crippen molar-refractivity contribution in [3.8, 4) is 0 Å². The van der Waals surface area contributed by atoms with E-state index in [1.807, 2.05) is 6.92 Å². The summed E-state index contributed by atoms with van der Waals surface area (Å²) in [6.07, 6.45) is 9.35. The third kappa shape index (κ3) is 4.09. The fourth-order valence-electron chi connectivity index (χ4n) is 3.62. The number of nitrogens with two attached hydrogens (primary N) is 1. The molecule has 2 rings (SSSR count). The maximum Gasteiger partial charge on any atom is 0.224 e. The molecule has 2 saturated carbocycles. The fourth-order valence-corrected chi connectivity index (χ4v) is 3.62. The Morgan fingerprint density at radius 1 is 1.16 bits per heavy atom. The predicted octanol–water partition coefficient (Wildman–Crippen LogP) is 3.01. The van der Waals surface area contributed by atoms with Gasteiger partial charge in [0.25, 0.3) is 0 Å². The lowest BCUT2D eigenvalue weighted by molar-refractivity contribution is -0.128. The van der Waals surface area contributed by atoms with Crippen molar-refractivity contribution in [2.75, 3.05) is 6.54 Å². The number of rotatable bonds is 3. The predicted molar refractivity (Wildman–Crippen MR) is 81.4 cm³/mol. The zero-order valence-corrected chi connectivity index (χ0v) is 13.2. The smallest absolute Gasteiger partial charge is 0.224 e. The molecule has 2 atom stereocenters. The van der Waals surface area contributed by atoms with Gasteiger partial charge in [-0.1, -0.05) is 32.6 Å². The van der Waals surface area contributed by atoms with Crippen molar-refractivity contribution in [3.05, 3.63) is 0 Å². The molecule has 0 aromatic rings. The molecular formula is C15H29ClN2O. The van der Waals surface area contributed by atoms with Crippen LogP contribution in [-0.4, -0.2) is 18.0 Å². The average molecular weight is 289 g/mol. The van der Waals surface area contributed by atoms with Crippen LogP contribution in [0.4, 0.5) is 0 Å². The van der Waals surface area contributed by atoms with Gasteiger partial charge in [-0.2, -0.15) is 0 Å². The maximum absolute atomic E-state index is 12.3. The summed E-state index contributed by atoms with van der Waals surface area (Å²) in [6.45, 7) is 5.16. The van der Waals surface area contributed by atoms with E-state index in [0.29, 0.717) is 5.41 Å². The first-order chi connectivity index (χ1) is 8.43. The van der Waals surface area contributed by atoms with E-state index >= 15 is 0 Å². The summed E-state index contributed by atoms with van der Waals surface area (Å²) in [5.74, 6) is 0.198. The van der Waals surface area contributed by atoms with Gasteiger partial charge in [-0.25, -0.2) is 0 Å². The van der Waals surface area contributed by atoms with Crippen molar-refractivity contribution in [1.29, 1.82) is 0 Å². The van der Waals surface area contributed by atoms with Crippen molar-refractivity contribution in [3.63, 3.8) is 0 Å². The second kappa shape index (κ2) is 6.45. The lowest BCUT2D eigenvalue weighted by Crippen LogP contribution is -2.53. The minimum Gasteiger partial charge on any atom is -0.355 e. The molecule has 2 unspecified atom stereocenters. The highest BCUT2D eigenvalue weighted by Crippen LogP contribution is 2.37. The zero-order valence-electron chi connectivity index (χ0n) is 12.3. The summed E-state index contributed by atoms with van der Waals surface area (Å²) in [5, 5.41) is 3.17. The largest absolute Gasteiger partial charge is 0.355 e. The first-order valence-corrected chi connectivity index (χ1v) is 7.50. The van der Waals surface area contributed by atoms with Gasteiger partial charge in [0.15, 0.2) is 0 Å². The van der Waals surface area contributed by atoms with Crippen LogP contribution < -0.4 is 11.1 Å². The summed E-state index contributed by atoms with van der Waals surface area (Å²) in [7, 11) is 0. The van der Waals surface area contributed by atoms with Crippen molar-refractivity contribution >= 4 is 18.3 Å². The quantitative estimate of drug-likeness (QED) is 0.839. The SMILES string of the molecule is CC1(CNC(=O)C2CCCCC2(C)N)CCCC1.Cl. The van der Waals surface area contributed by atoms with Crippen LogP contribution in [-0.2, 0) is 4.79 Å². The normalized spacial score (nSPS) is 33.5. The monoisotopic (exact) mass is 288 g/mol. The number of hydrogen-bond donors (Lipinski definition) is 2. The van der Waals surface area contributed by atoms with Gasteiger partial charge in [-0.05, 0) is 38.0 Å². The molecular weight excluding hydrogens is 260 g/mol. The van der Waals surface area contributed by atoms with E-state index in [1.165, 1.54) is 25.7 Å². The molecule has 1 amide bonds. The molecule has 112 valence electrons. The van der Waals surface area contributed by atoms with Gasteiger partial charge in [0, 0.05) is 12.1 Å². The first-order valence-electron chi connectivity index (χ1n) is 7.50. The summed E-state index contributed by atoms with van der Waals surface area (Å²) in [6, 6.07) is 0. The Hall–Kier alpha value is -0.280. The molecule has 0 heterocycles. The molecule has 2 aliphatic carbocycles. The van der Waals surface area contributed by atoms with E-state index in [0.717, 1.165) is 32.2 Å². The molecule has 0 spiro atoms. The van der Waals surface area contributed by atoms with Gasteiger partial charge in [0.05, 0.1) is 5.92 Å². The van der Waals surface area contributed by atoms with Crippen LogP contribution in [0.15, 0.2) is 0 Å². The molecule has 2 aliphatic rings. The Morgan fingerprint density at radius 3 is 2.32 bits per heavy atom. The van der Waals surface area contributed by atoms with Crippen LogP contribution in [0.5, 0.6) is 0 Å². The number of carbonyl (C=O) groups is 1. The lowest BCUT2D eigenvalue weighted by Gasteiger charge is -2.38. The Morgan fingerprint density at radius 2 is 1.74 bits per heavy atom. The second-order valence-electron chi connectivity index (χ2n) is 7.04. The number of carbonyl (C=O) groups excluding carboxylic acids is 1. The molecule has 0 saturated heterocycles. The van der Waals surface area contributed by atoms with Crippen LogP contribution in [0.2, 0.25) is 0 Å². The number of nitrogens with one attached hydrogen (secondary N) is 1. The number of amides is 1. The summed E-state index contributed by atoms with van der Waals surface area (Å²) >= 11 is 0. The van der Waals surface area contributed by atoms with Crippen LogP contribution >= 0.6 is 12.4 Å². The third-order valence-electron chi connectivity index (χ3n) is 5.07. The van der Waals surface area contributed by atoms with Crippen molar-refractivity contribution in [1.82, 2.24) is 5.32 Å². The average Bonchev–Trinajstić information content (AvgIpc) is 2.73. The second-order valence-corrected chi connectivity index (χ2v) is 7.04. The Bertz CT molecular complexity index is 311. The zero-order chi connectivity index (χ0) is 13.2. The number of hydrogen-bond acceptors (Lipinski definition) is 2. The third-order valence-corrected chi connectivity index (χ3v) is 5.07. The van der Waals surface area contributed by atoms with E-state index < -0.39 is 0 Å². The lowest BCUT2D eigenvalue weighted by atomic mass is 9.74. The standard InChI is InChI=1S/C15H28N2O.ClH/c1-14(8-5-6-9-14)11-17-13(18)12-7-3-4-10-15(12,2)16;/h12H,3-11,16H2,1-2H3,(H,17,18);1H. The minimum atomic E-state index is -0.307. The number of halogens is 1. The van der Waals surface area contributed by atoms with E-state index in [-0.39, 0.29) is 29.8 Å². The Balaban J connectivity index is 0.00000180. The van der Waals surface area contributed by atoms with Crippen LogP contribution in [0.3, 0.4) is 0 Å². The van der Waals surface area contributed by atoms with Crippen molar-refractivity contribution in [2.45, 2.75) is 70.8 Å². The molecule has 4 heteroatoms. The van der Waals surface area contributed by atoms with Crippen molar-refractivity contribution < 1.29 is 4.79 Å². The highest BCUT2D eigenvalue weighted by molar-refractivity contribution is 5.85. The van der Waals surface area contributed by atoms with Crippen LogP contribution in [0, 0.1) is 11.3 Å². The van der Waals surface area contributed by atoms with Gasteiger partial charge in [0.1, 0.15) is 0 Å². The Kier molecular flexibility index (Phi) is 5.69. The fraction of sp³-hybridized carbons (Fsp3) is 0.933. The van der Waals surface area contributed by atoms with E-state index in [1.54, 1.807) is 0 Å². The van der Waals surface area contributed by atoms with Crippen molar-refractivity contribution in [2.24, 2.45) is 17.1 Å². The first kappa shape index (κ1) is 16.8. The summed E-state index contributed by atoms with van der Waals surface area (Å²) in [5.41, 5.74) is 6.30. The van der Waals surface area contributed by atoms with Gasteiger partial charge >= 0.3 is 0 Å². The molecule has 0 aliphatic heterocycles. The molecule has 0 aromatic carbocycles. The molecule has 3 nitrogen and oxygen atoms in total. The molecule has 0 aromatic heterocycles. The van der Waals surface area contributed by atoms with E-state index in [2.05, 4.69) is 12.2 Å². The summed E-state index contributed by atoms with van der Waals surface area (Å²) in [4.78, 5) is 12.3. The van der Waals surface area contributed by atoms with Gasteiger partial charge < -0.3 is 11.1 Å². The van der Waals surface area contributed by atoms with Gasteiger partial charge in [0.2, 0.25) is 5.91 Å². The van der Waals surface area contributed by atoms with Crippen LogP contribution in [0.1, 0.15) is 65.2 Å². The van der Waals surface area contributed by atoms with Crippen LogP contribution in [0.25, 0.3) is 0 Å². The van der Waals surface area contributed by atoms with Gasteiger partial charge in [-0.3, -0.25) is 4.79 Å². The topological polar surface area (TPSA) is 55.1 Å². The summed E-state index contributed by atoms with van der Waals surface area (Å²) < 4.78 is 0. The minimum absolute atomic E-state index is 0. The van der Waals surface area contributed by atoms with E-state index in [9.17, 15) is 4.79 Å². The van der Waals surface area contributed by atoms with E-state index in [4.69, 9.17) is 5.73 Å². The highest BCUT2D eigenvalue weighted by atomic mass is 35.5. The molecule has 0 bridgehead atoms. The highest BCUT2D eigenvalue weighted by Gasteiger charge is 2.38. The Labute approximate surface area is 123 Å². The molecule has 3 N–H and O–H groups in total. The molecule has 0 radical (unpaired) electrons. The molecule has 2 fully saturated rings.